The Kier molecular flexibility index (Phi) is 5.50. The largest absolute Gasteiger partial charge is 0.354 e. The first kappa shape index (κ1) is 19.5. The van der Waals surface area contributed by atoms with E-state index in [-0.39, 0.29) is 6.04 Å². The second kappa shape index (κ2) is 7.90. The highest BCUT2D eigenvalue weighted by Crippen LogP contribution is 2.38. The quantitative estimate of drug-likeness (QED) is 0.533. The molecule has 3 unspecified atom stereocenters. The first-order valence-corrected chi connectivity index (χ1v) is 11.0. The third-order valence-electron chi connectivity index (χ3n) is 6.62. The van der Waals surface area contributed by atoms with E-state index in [9.17, 15) is 0 Å². The molecule has 28 heavy (non-hydrogen) atoms. The van der Waals surface area contributed by atoms with Crippen LogP contribution >= 0.6 is 11.6 Å². The number of benzene rings is 1. The molecule has 1 aromatic carbocycles. The van der Waals surface area contributed by atoms with Gasteiger partial charge in [-0.3, -0.25) is 9.89 Å². The molecule has 1 fully saturated rings. The van der Waals surface area contributed by atoms with Crippen molar-refractivity contribution >= 4 is 34.6 Å². The van der Waals surface area contributed by atoms with Crippen LogP contribution in [-0.4, -0.2) is 35.7 Å². The van der Waals surface area contributed by atoms with Gasteiger partial charge >= 0.3 is 0 Å². The Hall–Kier alpha value is -1.81. The summed E-state index contributed by atoms with van der Waals surface area (Å²) in [5, 5.41) is 0.729. The summed E-state index contributed by atoms with van der Waals surface area (Å²) in [6.45, 7) is 11.2. The molecule has 1 aromatic rings. The van der Waals surface area contributed by atoms with E-state index in [4.69, 9.17) is 21.6 Å². The summed E-state index contributed by atoms with van der Waals surface area (Å²) in [5.74, 6) is 3.52. The highest BCUT2D eigenvalue weighted by molar-refractivity contribution is 6.48. The molecule has 0 bridgehead atoms. The van der Waals surface area contributed by atoms with Crippen LogP contribution in [0.5, 0.6) is 0 Å². The molecule has 0 saturated carbocycles. The van der Waals surface area contributed by atoms with Crippen molar-refractivity contribution < 1.29 is 0 Å². The maximum Gasteiger partial charge on any atom is 0.176 e. The standard InChI is InChI=1S/C23H31ClN4/c1-15-7-5-6-11-27(12-10-16(15)2)22-23-25-18(4)17(3)14-28(23)21-13-19(24)8-9-20(21)26-22/h8-9,13-16,18H,5-7,10-12H2,1-4H3. The number of amidine groups is 2. The summed E-state index contributed by atoms with van der Waals surface area (Å²) in [5.41, 5.74) is 3.24. The van der Waals surface area contributed by atoms with E-state index >= 15 is 0 Å². The highest BCUT2D eigenvalue weighted by Gasteiger charge is 2.32. The predicted octanol–water partition coefficient (Wildman–Crippen LogP) is 6.04. The van der Waals surface area contributed by atoms with E-state index in [1.165, 1.54) is 31.3 Å². The van der Waals surface area contributed by atoms with Crippen molar-refractivity contribution in [1.29, 1.82) is 0 Å². The molecule has 4 nitrogen and oxygen atoms in total. The van der Waals surface area contributed by atoms with Gasteiger partial charge in [0.15, 0.2) is 11.7 Å². The average molecular weight is 399 g/mol. The van der Waals surface area contributed by atoms with Gasteiger partial charge in [0.25, 0.3) is 0 Å². The molecule has 0 aromatic heterocycles. The Morgan fingerprint density at radius 3 is 2.61 bits per heavy atom. The fourth-order valence-electron chi connectivity index (χ4n) is 4.25. The van der Waals surface area contributed by atoms with Gasteiger partial charge in [-0.15, -0.1) is 0 Å². The van der Waals surface area contributed by atoms with Crippen molar-refractivity contribution in [3.63, 3.8) is 0 Å². The predicted molar refractivity (Wildman–Crippen MR) is 120 cm³/mol. The number of halogens is 1. The van der Waals surface area contributed by atoms with Crippen molar-refractivity contribution in [2.24, 2.45) is 21.8 Å². The molecule has 5 heteroatoms. The first-order valence-electron chi connectivity index (χ1n) is 10.6. The summed E-state index contributed by atoms with van der Waals surface area (Å²) < 4.78 is 0. The van der Waals surface area contributed by atoms with Gasteiger partial charge in [-0.2, -0.15) is 0 Å². The van der Waals surface area contributed by atoms with Gasteiger partial charge in [-0.25, -0.2) is 4.99 Å². The van der Waals surface area contributed by atoms with E-state index in [0.717, 1.165) is 53.0 Å². The topological polar surface area (TPSA) is 31.2 Å². The second-order valence-electron chi connectivity index (χ2n) is 8.67. The van der Waals surface area contributed by atoms with Crippen molar-refractivity contribution in [2.75, 3.05) is 18.0 Å². The fourth-order valence-corrected chi connectivity index (χ4v) is 4.42. The van der Waals surface area contributed by atoms with Crippen LogP contribution in [0.15, 0.2) is 40.0 Å². The molecule has 0 aliphatic carbocycles. The Bertz CT molecular complexity index is 841. The fraction of sp³-hybridized carbons (Fsp3) is 0.565. The molecule has 0 spiro atoms. The summed E-state index contributed by atoms with van der Waals surface area (Å²) >= 11 is 6.30. The minimum atomic E-state index is 0.175. The van der Waals surface area contributed by atoms with Crippen LogP contribution in [-0.2, 0) is 0 Å². The lowest BCUT2D eigenvalue weighted by Gasteiger charge is -2.38. The monoisotopic (exact) mass is 398 g/mol. The molecule has 3 atom stereocenters. The van der Waals surface area contributed by atoms with E-state index < -0.39 is 0 Å². The second-order valence-corrected chi connectivity index (χ2v) is 9.10. The Morgan fingerprint density at radius 1 is 1.00 bits per heavy atom. The third kappa shape index (κ3) is 3.71. The summed E-state index contributed by atoms with van der Waals surface area (Å²) in [7, 11) is 0. The lowest BCUT2D eigenvalue weighted by atomic mass is 9.89. The summed E-state index contributed by atoms with van der Waals surface area (Å²) in [4.78, 5) is 14.8. The molecular formula is C23H31ClN4. The lowest BCUT2D eigenvalue weighted by Crippen LogP contribution is -2.48. The third-order valence-corrected chi connectivity index (χ3v) is 6.86. The Balaban J connectivity index is 1.74. The molecule has 0 N–H and O–H groups in total. The van der Waals surface area contributed by atoms with Gasteiger partial charge < -0.3 is 4.90 Å². The van der Waals surface area contributed by atoms with Crippen LogP contribution in [0.1, 0.15) is 53.4 Å². The maximum atomic E-state index is 6.30. The minimum Gasteiger partial charge on any atom is -0.354 e. The van der Waals surface area contributed by atoms with Crippen LogP contribution < -0.4 is 4.90 Å². The average Bonchev–Trinajstić information content (AvgIpc) is 2.75. The Morgan fingerprint density at radius 2 is 1.79 bits per heavy atom. The SMILES string of the molecule is CC1=CN2C(=NC1C)C(N1CCCCC(C)C(C)CC1)=Nc1ccc(Cl)cc12. The number of aliphatic imine (C=N–C) groups is 2. The molecular weight excluding hydrogens is 368 g/mol. The van der Waals surface area contributed by atoms with Crippen molar-refractivity contribution in [1.82, 2.24) is 4.90 Å². The molecule has 0 radical (unpaired) electrons. The number of rotatable bonds is 0. The van der Waals surface area contributed by atoms with Crippen molar-refractivity contribution in [2.45, 2.75) is 59.4 Å². The van der Waals surface area contributed by atoms with Gasteiger partial charge in [0.2, 0.25) is 0 Å². The van der Waals surface area contributed by atoms with Crippen LogP contribution in [0, 0.1) is 11.8 Å². The summed E-state index contributed by atoms with van der Waals surface area (Å²) in [6.07, 6.45) is 7.23. The minimum absolute atomic E-state index is 0.175. The molecule has 3 aliphatic rings. The lowest BCUT2D eigenvalue weighted by molar-refractivity contribution is 0.324. The number of nitrogens with zero attached hydrogens (tertiary/aromatic N) is 4. The van der Waals surface area contributed by atoms with Crippen LogP contribution in [0.3, 0.4) is 0 Å². The van der Waals surface area contributed by atoms with E-state index in [0.29, 0.717) is 0 Å². The number of anilines is 1. The van der Waals surface area contributed by atoms with Gasteiger partial charge in [-0.1, -0.05) is 38.3 Å². The van der Waals surface area contributed by atoms with Gasteiger partial charge in [0, 0.05) is 24.3 Å². The molecule has 150 valence electrons. The number of hydrogen-bond acceptors (Lipinski definition) is 4. The maximum absolute atomic E-state index is 6.30. The van der Waals surface area contributed by atoms with E-state index in [2.05, 4.69) is 43.7 Å². The number of fused-ring (bicyclic) bond motifs is 3. The zero-order chi connectivity index (χ0) is 19.8. The molecule has 0 amide bonds. The smallest absolute Gasteiger partial charge is 0.176 e. The highest BCUT2D eigenvalue weighted by atomic mass is 35.5. The molecule has 1 saturated heterocycles. The zero-order valence-electron chi connectivity index (χ0n) is 17.5. The molecule has 3 aliphatic heterocycles. The summed E-state index contributed by atoms with van der Waals surface area (Å²) in [6, 6.07) is 6.12. The van der Waals surface area contributed by atoms with Crippen molar-refractivity contribution in [3.05, 3.63) is 35.0 Å². The zero-order valence-corrected chi connectivity index (χ0v) is 18.2. The van der Waals surface area contributed by atoms with E-state index in [1.807, 2.05) is 18.2 Å². The van der Waals surface area contributed by atoms with Crippen molar-refractivity contribution in [3.8, 4) is 0 Å². The Labute approximate surface area is 174 Å². The first-order chi connectivity index (χ1) is 13.4. The molecule has 3 heterocycles. The van der Waals surface area contributed by atoms with Gasteiger partial charge in [0.05, 0.1) is 17.4 Å². The van der Waals surface area contributed by atoms with Gasteiger partial charge in [-0.05, 0) is 62.3 Å². The van der Waals surface area contributed by atoms with Crippen LogP contribution in [0.25, 0.3) is 0 Å². The van der Waals surface area contributed by atoms with Crippen LogP contribution in [0.4, 0.5) is 11.4 Å². The number of hydrogen-bond donors (Lipinski definition) is 0. The van der Waals surface area contributed by atoms with E-state index in [1.54, 1.807) is 0 Å². The normalized spacial score (nSPS) is 28.2. The van der Waals surface area contributed by atoms with Gasteiger partial charge in [0.1, 0.15) is 0 Å². The van der Waals surface area contributed by atoms with Crippen LogP contribution in [0.2, 0.25) is 5.02 Å². The molecule has 4 rings (SSSR count).